The molecule has 0 radical (unpaired) electrons. The molecule has 0 spiro atoms. The van der Waals surface area contributed by atoms with E-state index in [-0.39, 0.29) is 5.60 Å². The molecule has 0 amide bonds. The first-order valence-electron chi connectivity index (χ1n) is 6.92. The van der Waals surface area contributed by atoms with Crippen LogP contribution < -0.4 is 5.73 Å². The van der Waals surface area contributed by atoms with Crippen LogP contribution in [0.15, 0.2) is 0 Å². The highest BCUT2D eigenvalue weighted by molar-refractivity contribution is 4.82. The maximum Gasteiger partial charge on any atom is 0.0710 e. The van der Waals surface area contributed by atoms with Crippen LogP contribution in [0.4, 0.5) is 0 Å². The molecular formula is C14H30N2O. The van der Waals surface area contributed by atoms with E-state index in [0.29, 0.717) is 18.1 Å². The number of hydrogen-bond acceptors (Lipinski definition) is 3. The molecule has 1 aliphatic heterocycles. The SMILES string of the molecule is CC(C)C(N)CCN(C)CC1CCC(C)(C)O1. The van der Waals surface area contributed by atoms with Gasteiger partial charge in [0.1, 0.15) is 0 Å². The van der Waals surface area contributed by atoms with Crippen LogP contribution in [0.2, 0.25) is 0 Å². The van der Waals surface area contributed by atoms with Crippen LogP contribution in [0, 0.1) is 5.92 Å². The van der Waals surface area contributed by atoms with Gasteiger partial charge in [-0.15, -0.1) is 0 Å². The number of rotatable bonds is 6. The minimum Gasteiger partial charge on any atom is -0.371 e. The number of nitrogens with zero attached hydrogens (tertiary/aromatic N) is 1. The first-order chi connectivity index (χ1) is 7.80. The van der Waals surface area contributed by atoms with E-state index in [9.17, 15) is 0 Å². The van der Waals surface area contributed by atoms with Gasteiger partial charge in [-0.3, -0.25) is 0 Å². The zero-order chi connectivity index (χ0) is 13.1. The van der Waals surface area contributed by atoms with Crippen molar-refractivity contribution in [2.45, 2.75) is 64.7 Å². The van der Waals surface area contributed by atoms with Gasteiger partial charge in [-0.1, -0.05) is 13.8 Å². The van der Waals surface area contributed by atoms with Crippen LogP contribution in [0.5, 0.6) is 0 Å². The molecule has 2 N–H and O–H groups in total. The molecule has 0 bridgehead atoms. The Labute approximate surface area is 107 Å². The molecule has 3 heteroatoms. The molecule has 0 aliphatic carbocycles. The molecular weight excluding hydrogens is 212 g/mol. The van der Waals surface area contributed by atoms with Gasteiger partial charge in [0, 0.05) is 12.6 Å². The highest BCUT2D eigenvalue weighted by Gasteiger charge is 2.31. The highest BCUT2D eigenvalue weighted by Crippen LogP contribution is 2.29. The largest absolute Gasteiger partial charge is 0.371 e. The van der Waals surface area contributed by atoms with E-state index >= 15 is 0 Å². The van der Waals surface area contributed by atoms with Crippen LogP contribution in [0.3, 0.4) is 0 Å². The van der Waals surface area contributed by atoms with E-state index in [1.165, 1.54) is 12.8 Å². The standard InChI is InChI=1S/C14H30N2O/c1-11(2)13(15)7-9-16(5)10-12-6-8-14(3,4)17-12/h11-13H,6-10,15H2,1-5H3. The maximum absolute atomic E-state index is 6.06. The van der Waals surface area contributed by atoms with Gasteiger partial charge >= 0.3 is 0 Å². The average molecular weight is 242 g/mol. The Morgan fingerprint density at radius 2 is 2.06 bits per heavy atom. The fourth-order valence-corrected chi connectivity index (χ4v) is 2.35. The number of ether oxygens (including phenoxy) is 1. The summed E-state index contributed by atoms with van der Waals surface area (Å²) in [5.74, 6) is 0.574. The van der Waals surface area contributed by atoms with Crippen molar-refractivity contribution < 1.29 is 4.74 Å². The van der Waals surface area contributed by atoms with Crippen molar-refractivity contribution in [3.05, 3.63) is 0 Å². The third-order valence-electron chi connectivity index (χ3n) is 3.77. The first-order valence-corrected chi connectivity index (χ1v) is 6.92. The Balaban J connectivity index is 2.19. The normalized spacial score (nSPS) is 25.8. The fourth-order valence-electron chi connectivity index (χ4n) is 2.35. The summed E-state index contributed by atoms with van der Waals surface area (Å²) in [6.07, 6.45) is 3.85. The molecule has 0 saturated carbocycles. The van der Waals surface area contributed by atoms with Gasteiger partial charge in [-0.2, -0.15) is 0 Å². The lowest BCUT2D eigenvalue weighted by atomic mass is 10.0. The fraction of sp³-hybridized carbons (Fsp3) is 1.00. The molecule has 3 nitrogen and oxygen atoms in total. The second kappa shape index (κ2) is 6.17. The van der Waals surface area contributed by atoms with Gasteiger partial charge in [0.25, 0.3) is 0 Å². The van der Waals surface area contributed by atoms with E-state index in [4.69, 9.17) is 10.5 Å². The monoisotopic (exact) mass is 242 g/mol. The van der Waals surface area contributed by atoms with Gasteiger partial charge in [0.2, 0.25) is 0 Å². The molecule has 0 aromatic heterocycles. The van der Waals surface area contributed by atoms with Crippen LogP contribution in [-0.2, 0) is 4.74 Å². The summed E-state index contributed by atoms with van der Waals surface area (Å²) >= 11 is 0. The topological polar surface area (TPSA) is 38.5 Å². The Hall–Kier alpha value is -0.120. The summed E-state index contributed by atoms with van der Waals surface area (Å²) in [7, 11) is 2.17. The van der Waals surface area contributed by atoms with E-state index in [0.717, 1.165) is 19.5 Å². The van der Waals surface area contributed by atoms with E-state index < -0.39 is 0 Å². The second-order valence-corrected chi connectivity index (χ2v) is 6.50. The van der Waals surface area contributed by atoms with Crippen molar-refractivity contribution in [2.75, 3.05) is 20.1 Å². The molecule has 102 valence electrons. The van der Waals surface area contributed by atoms with Crippen LogP contribution >= 0.6 is 0 Å². The van der Waals surface area contributed by atoms with Crippen LogP contribution in [-0.4, -0.2) is 42.8 Å². The Bertz CT molecular complexity index is 228. The molecule has 2 unspecified atom stereocenters. The van der Waals surface area contributed by atoms with Crippen LogP contribution in [0.1, 0.15) is 47.0 Å². The van der Waals surface area contributed by atoms with Crippen molar-refractivity contribution in [1.82, 2.24) is 4.90 Å². The van der Waals surface area contributed by atoms with E-state index in [1.54, 1.807) is 0 Å². The van der Waals surface area contributed by atoms with Crippen molar-refractivity contribution in [3.8, 4) is 0 Å². The zero-order valence-electron chi connectivity index (χ0n) is 12.2. The minimum absolute atomic E-state index is 0.0832. The summed E-state index contributed by atoms with van der Waals surface area (Å²) in [6.45, 7) is 10.8. The predicted octanol–water partition coefficient (Wildman–Crippen LogP) is 2.25. The minimum atomic E-state index is 0.0832. The lowest BCUT2D eigenvalue weighted by molar-refractivity contribution is -0.0262. The molecule has 0 aromatic rings. The third kappa shape index (κ3) is 5.36. The maximum atomic E-state index is 6.06. The molecule has 2 atom stereocenters. The summed E-state index contributed by atoms with van der Waals surface area (Å²) < 4.78 is 6.00. The number of likely N-dealkylation sites (N-methyl/N-ethyl adjacent to an activating group) is 1. The number of nitrogens with two attached hydrogens (primary N) is 1. The van der Waals surface area contributed by atoms with Gasteiger partial charge in [-0.05, 0) is 52.6 Å². The average Bonchev–Trinajstić information content (AvgIpc) is 2.54. The van der Waals surface area contributed by atoms with Gasteiger partial charge in [0.15, 0.2) is 0 Å². The lowest BCUT2D eigenvalue weighted by Gasteiger charge is -2.25. The molecule has 1 fully saturated rings. The summed E-state index contributed by atoms with van der Waals surface area (Å²) in [5.41, 5.74) is 6.14. The van der Waals surface area contributed by atoms with Gasteiger partial charge in [0.05, 0.1) is 11.7 Å². The first kappa shape index (κ1) is 14.9. The molecule has 0 aromatic carbocycles. The smallest absolute Gasteiger partial charge is 0.0710 e. The summed E-state index contributed by atoms with van der Waals surface area (Å²) in [6, 6.07) is 0.318. The lowest BCUT2D eigenvalue weighted by Crippen LogP contribution is -2.35. The van der Waals surface area contributed by atoms with E-state index in [1.807, 2.05) is 0 Å². The zero-order valence-corrected chi connectivity index (χ0v) is 12.2. The van der Waals surface area contributed by atoms with Crippen LogP contribution in [0.25, 0.3) is 0 Å². The third-order valence-corrected chi connectivity index (χ3v) is 3.77. The molecule has 1 heterocycles. The van der Waals surface area contributed by atoms with Crippen molar-refractivity contribution in [1.29, 1.82) is 0 Å². The van der Waals surface area contributed by atoms with Crippen molar-refractivity contribution >= 4 is 0 Å². The van der Waals surface area contributed by atoms with Gasteiger partial charge < -0.3 is 15.4 Å². The predicted molar refractivity (Wildman–Crippen MR) is 73.1 cm³/mol. The van der Waals surface area contributed by atoms with E-state index in [2.05, 4.69) is 39.6 Å². The summed E-state index contributed by atoms with van der Waals surface area (Å²) in [4.78, 5) is 2.36. The van der Waals surface area contributed by atoms with Crippen molar-refractivity contribution in [3.63, 3.8) is 0 Å². The molecule has 1 saturated heterocycles. The van der Waals surface area contributed by atoms with Crippen molar-refractivity contribution in [2.24, 2.45) is 11.7 Å². The highest BCUT2D eigenvalue weighted by atomic mass is 16.5. The molecule has 1 aliphatic rings. The van der Waals surface area contributed by atoms with Gasteiger partial charge in [-0.25, -0.2) is 0 Å². The molecule has 17 heavy (non-hydrogen) atoms. The Kier molecular flexibility index (Phi) is 5.42. The second-order valence-electron chi connectivity index (χ2n) is 6.50. The molecule has 1 rings (SSSR count). The Morgan fingerprint density at radius 3 is 2.53 bits per heavy atom. The Morgan fingerprint density at radius 1 is 1.41 bits per heavy atom. The summed E-state index contributed by atoms with van der Waals surface area (Å²) in [5, 5.41) is 0. The quantitative estimate of drug-likeness (QED) is 0.776. The number of hydrogen-bond donors (Lipinski definition) is 1.